The van der Waals surface area contributed by atoms with Crippen molar-refractivity contribution in [2.45, 2.75) is 4.90 Å². The predicted octanol–water partition coefficient (Wildman–Crippen LogP) is 2.11. The van der Waals surface area contributed by atoms with Gasteiger partial charge in [-0.05, 0) is 18.2 Å². The summed E-state index contributed by atoms with van der Waals surface area (Å²) in [6.07, 6.45) is 1.39. The van der Waals surface area contributed by atoms with Gasteiger partial charge < -0.3 is 0 Å². The molecular formula is C16H16ClN3O3S. The van der Waals surface area contributed by atoms with Gasteiger partial charge in [-0.1, -0.05) is 48.0 Å². The number of carbonyl (C=O) groups excluding carboxylic acids is 1. The zero-order valence-electron chi connectivity index (χ0n) is 12.9. The van der Waals surface area contributed by atoms with Crippen LogP contribution in [0.25, 0.3) is 0 Å². The maximum Gasteiger partial charge on any atom is 0.255 e. The number of rotatable bonds is 6. The summed E-state index contributed by atoms with van der Waals surface area (Å²) < 4.78 is 25.6. The van der Waals surface area contributed by atoms with Crippen molar-refractivity contribution < 1.29 is 13.2 Å². The van der Waals surface area contributed by atoms with Crippen LogP contribution in [0.3, 0.4) is 0 Å². The molecule has 0 radical (unpaired) electrons. The molecule has 0 aromatic heterocycles. The summed E-state index contributed by atoms with van der Waals surface area (Å²) in [4.78, 5) is 12.0. The molecule has 0 spiro atoms. The van der Waals surface area contributed by atoms with Crippen molar-refractivity contribution in [3.8, 4) is 0 Å². The molecule has 2 rings (SSSR count). The Balaban J connectivity index is 1.96. The van der Waals surface area contributed by atoms with Crippen LogP contribution in [0.5, 0.6) is 0 Å². The summed E-state index contributed by atoms with van der Waals surface area (Å²) in [6.45, 7) is -0.350. The minimum atomic E-state index is -3.72. The van der Waals surface area contributed by atoms with Crippen molar-refractivity contribution in [3.05, 3.63) is 65.2 Å². The Kier molecular flexibility index (Phi) is 6.08. The number of hydrogen-bond donors (Lipinski definition) is 1. The van der Waals surface area contributed by atoms with E-state index in [4.69, 9.17) is 11.6 Å². The molecule has 8 heteroatoms. The Morgan fingerprint density at radius 2 is 1.79 bits per heavy atom. The highest BCUT2D eigenvalue weighted by atomic mass is 35.5. The lowest BCUT2D eigenvalue weighted by Crippen LogP contribution is -2.36. The van der Waals surface area contributed by atoms with Gasteiger partial charge in [-0.2, -0.15) is 9.41 Å². The van der Waals surface area contributed by atoms with E-state index in [-0.39, 0.29) is 11.4 Å². The van der Waals surface area contributed by atoms with E-state index in [2.05, 4.69) is 10.5 Å². The zero-order chi connectivity index (χ0) is 17.6. The van der Waals surface area contributed by atoms with Crippen molar-refractivity contribution in [2.75, 3.05) is 13.6 Å². The summed E-state index contributed by atoms with van der Waals surface area (Å²) in [6, 6.07) is 14.9. The first kappa shape index (κ1) is 18.1. The first-order valence-corrected chi connectivity index (χ1v) is 8.81. The number of benzene rings is 2. The van der Waals surface area contributed by atoms with Gasteiger partial charge in [0.25, 0.3) is 5.91 Å². The maximum absolute atomic E-state index is 12.3. The van der Waals surface area contributed by atoms with E-state index in [1.54, 1.807) is 42.5 Å². The molecule has 2 aromatic rings. The van der Waals surface area contributed by atoms with E-state index < -0.39 is 15.9 Å². The average molecular weight is 366 g/mol. The second kappa shape index (κ2) is 8.05. The number of sulfonamides is 1. The Morgan fingerprint density at radius 1 is 1.17 bits per heavy atom. The lowest BCUT2D eigenvalue weighted by molar-refractivity contribution is -0.121. The summed E-state index contributed by atoms with van der Waals surface area (Å²) in [5.74, 6) is -0.555. The summed E-state index contributed by atoms with van der Waals surface area (Å²) in [5.41, 5.74) is 2.92. The number of nitrogens with one attached hydrogen (secondary N) is 1. The van der Waals surface area contributed by atoms with Crippen LogP contribution in [0.1, 0.15) is 5.56 Å². The number of hydrogen-bond acceptors (Lipinski definition) is 4. The molecule has 0 saturated heterocycles. The molecule has 1 N–H and O–H groups in total. The molecule has 0 bridgehead atoms. The molecule has 0 atom stereocenters. The third-order valence-corrected chi connectivity index (χ3v) is 5.28. The van der Waals surface area contributed by atoms with Crippen molar-refractivity contribution >= 4 is 33.7 Å². The molecule has 0 heterocycles. The first-order chi connectivity index (χ1) is 11.4. The molecule has 0 aliphatic carbocycles. The monoisotopic (exact) mass is 365 g/mol. The van der Waals surface area contributed by atoms with Gasteiger partial charge in [0, 0.05) is 17.6 Å². The number of carbonyl (C=O) groups is 1. The Bertz CT molecular complexity index is 839. The van der Waals surface area contributed by atoms with E-state index in [9.17, 15) is 13.2 Å². The second-order valence-electron chi connectivity index (χ2n) is 4.89. The van der Waals surface area contributed by atoms with Gasteiger partial charge in [-0.3, -0.25) is 4.79 Å². The zero-order valence-corrected chi connectivity index (χ0v) is 14.5. The van der Waals surface area contributed by atoms with E-state index in [1.807, 2.05) is 0 Å². The summed E-state index contributed by atoms with van der Waals surface area (Å²) in [5, 5.41) is 4.28. The van der Waals surface area contributed by atoms with Gasteiger partial charge in [0.15, 0.2) is 0 Å². The van der Waals surface area contributed by atoms with E-state index in [0.717, 1.165) is 4.31 Å². The van der Waals surface area contributed by atoms with Crippen LogP contribution in [0, 0.1) is 0 Å². The SMILES string of the molecule is CN(CC(=O)N/N=C\c1ccccc1Cl)S(=O)(=O)c1ccccc1. The standard InChI is InChI=1S/C16H16ClN3O3S/c1-20(24(22,23)14-8-3-2-4-9-14)12-16(21)19-18-11-13-7-5-6-10-15(13)17/h2-11H,12H2,1H3,(H,19,21)/b18-11-. The minimum Gasteiger partial charge on any atom is -0.272 e. The lowest BCUT2D eigenvalue weighted by atomic mass is 10.2. The predicted molar refractivity (Wildman–Crippen MR) is 93.4 cm³/mol. The third-order valence-electron chi connectivity index (χ3n) is 3.12. The Morgan fingerprint density at radius 3 is 2.46 bits per heavy atom. The lowest BCUT2D eigenvalue weighted by Gasteiger charge is -2.15. The normalized spacial score (nSPS) is 11.8. The van der Waals surface area contributed by atoms with Crippen LogP contribution >= 0.6 is 11.6 Å². The number of halogens is 1. The molecule has 6 nitrogen and oxygen atoms in total. The van der Waals surface area contributed by atoms with Crippen LogP contribution in [0.15, 0.2) is 64.6 Å². The Hall–Kier alpha value is -2.22. The fourth-order valence-electron chi connectivity index (χ4n) is 1.85. The Labute approximate surface area is 145 Å². The van der Waals surface area contributed by atoms with Gasteiger partial charge in [0.05, 0.1) is 17.7 Å². The minimum absolute atomic E-state index is 0.125. The fraction of sp³-hybridized carbons (Fsp3) is 0.125. The molecular weight excluding hydrogens is 350 g/mol. The first-order valence-electron chi connectivity index (χ1n) is 6.99. The molecule has 0 unspecified atom stereocenters. The highest BCUT2D eigenvalue weighted by Gasteiger charge is 2.22. The molecule has 126 valence electrons. The van der Waals surface area contributed by atoms with Crippen molar-refractivity contribution in [1.29, 1.82) is 0 Å². The van der Waals surface area contributed by atoms with Crippen LogP contribution in [0.4, 0.5) is 0 Å². The smallest absolute Gasteiger partial charge is 0.255 e. The fourth-order valence-corrected chi connectivity index (χ4v) is 3.18. The van der Waals surface area contributed by atoms with Gasteiger partial charge in [0.1, 0.15) is 0 Å². The van der Waals surface area contributed by atoms with Crippen molar-refractivity contribution in [1.82, 2.24) is 9.73 Å². The van der Waals surface area contributed by atoms with Crippen LogP contribution in [0.2, 0.25) is 5.02 Å². The molecule has 0 fully saturated rings. The van der Waals surface area contributed by atoms with E-state index in [0.29, 0.717) is 10.6 Å². The van der Waals surface area contributed by atoms with Gasteiger partial charge in [-0.15, -0.1) is 0 Å². The third kappa shape index (κ3) is 4.64. The molecule has 0 aliphatic heterocycles. The van der Waals surface area contributed by atoms with Crippen molar-refractivity contribution in [2.24, 2.45) is 5.10 Å². The molecule has 1 amide bonds. The topological polar surface area (TPSA) is 78.8 Å². The largest absolute Gasteiger partial charge is 0.272 e. The highest BCUT2D eigenvalue weighted by molar-refractivity contribution is 7.89. The number of nitrogens with zero attached hydrogens (tertiary/aromatic N) is 2. The van der Waals surface area contributed by atoms with Crippen LogP contribution < -0.4 is 5.43 Å². The maximum atomic E-state index is 12.3. The van der Waals surface area contributed by atoms with Gasteiger partial charge in [0.2, 0.25) is 10.0 Å². The second-order valence-corrected chi connectivity index (χ2v) is 7.34. The molecule has 24 heavy (non-hydrogen) atoms. The number of hydrazone groups is 1. The van der Waals surface area contributed by atoms with Gasteiger partial charge in [-0.25, -0.2) is 13.8 Å². The van der Waals surface area contributed by atoms with Crippen LogP contribution in [-0.2, 0) is 14.8 Å². The molecule has 0 aliphatic rings. The number of amides is 1. The number of likely N-dealkylation sites (N-methyl/N-ethyl adjacent to an activating group) is 1. The average Bonchev–Trinajstić information content (AvgIpc) is 2.57. The summed E-state index contributed by atoms with van der Waals surface area (Å²) >= 11 is 5.96. The molecule has 2 aromatic carbocycles. The van der Waals surface area contributed by atoms with E-state index in [1.165, 1.54) is 25.4 Å². The van der Waals surface area contributed by atoms with Crippen molar-refractivity contribution in [3.63, 3.8) is 0 Å². The quantitative estimate of drug-likeness (QED) is 0.629. The summed E-state index contributed by atoms with van der Waals surface area (Å²) in [7, 11) is -2.39. The molecule has 0 saturated carbocycles. The van der Waals surface area contributed by atoms with E-state index >= 15 is 0 Å². The van der Waals surface area contributed by atoms with Gasteiger partial charge >= 0.3 is 0 Å². The van der Waals surface area contributed by atoms with Crippen LogP contribution in [-0.4, -0.2) is 38.4 Å². The highest BCUT2D eigenvalue weighted by Crippen LogP contribution is 2.13.